The van der Waals surface area contributed by atoms with Crippen molar-refractivity contribution >= 4 is 9.84 Å². The summed E-state index contributed by atoms with van der Waals surface area (Å²) in [6.45, 7) is -0.595. The van der Waals surface area contributed by atoms with E-state index in [1.807, 2.05) is 0 Å². The van der Waals surface area contributed by atoms with E-state index in [0.717, 1.165) is 10.8 Å². The Bertz CT molecular complexity index is 421. The van der Waals surface area contributed by atoms with E-state index in [0.29, 0.717) is 0 Å². The van der Waals surface area contributed by atoms with E-state index >= 15 is 0 Å². The standard InChI is InChI=1S/C5H7N3O4S/c1-13(11,12)5-6-2-3-7(5)4-8(9)10/h2-3H,4H2,1H3. The van der Waals surface area contributed by atoms with E-state index in [4.69, 9.17) is 0 Å². The minimum atomic E-state index is -3.49. The van der Waals surface area contributed by atoms with Gasteiger partial charge in [0.25, 0.3) is 6.67 Å². The lowest BCUT2D eigenvalue weighted by molar-refractivity contribution is -0.515. The molecule has 0 radical (unpaired) electrons. The fourth-order valence-electron chi connectivity index (χ4n) is 0.856. The summed E-state index contributed by atoms with van der Waals surface area (Å²) < 4.78 is 22.9. The minimum absolute atomic E-state index is 0.288. The van der Waals surface area contributed by atoms with Gasteiger partial charge in [0, 0.05) is 23.6 Å². The average molecular weight is 205 g/mol. The van der Waals surface area contributed by atoms with Crippen molar-refractivity contribution in [3.05, 3.63) is 22.5 Å². The van der Waals surface area contributed by atoms with Crippen LogP contribution >= 0.6 is 0 Å². The molecule has 13 heavy (non-hydrogen) atoms. The Morgan fingerprint density at radius 2 is 2.31 bits per heavy atom. The first kappa shape index (κ1) is 9.65. The van der Waals surface area contributed by atoms with Gasteiger partial charge >= 0.3 is 0 Å². The molecule has 0 N–H and O–H groups in total. The fraction of sp³-hybridized carbons (Fsp3) is 0.400. The highest BCUT2D eigenvalue weighted by molar-refractivity contribution is 7.90. The minimum Gasteiger partial charge on any atom is -0.263 e. The van der Waals surface area contributed by atoms with Crippen LogP contribution in [-0.4, -0.2) is 29.1 Å². The number of nitrogens with zero attached hydrogens (tertiary/aromatic N) is 3. The summed E-state index contributed by atoms with van der Waals surface area (Å²) in [5, 5.41) is 9.82. The second kappa shape index (κ2) is 3.13. The second-order valence-electron chi connectivity index (χ2n) is 2.43. The van der Waals surface area contributed by atoms with Crippen LogP contribution in [0.4, 0.5) is 0 Å². The normalized spacial score (nSPS) is 11.5. The lowest BCUT2D eigenvalue weighted by Gasteiger charge is -1.99. The van der Waals surface area contributed by atoms with E-state index in [1.54, 1.807) is 0 Å². The van der Waals surface area contributed by atoms with Gasteiger partial charge in [0.2, 0.25) is 15.0 Å². The molecular weight excluding hydrogens is 198 g/mol. The Morgan fingerprint density at radius 1 is 1.69 bits per heavy atom. The quantitative estimate of drug-likeness (QED) is 0.490. The molecule has 7 nitrogen and oxygen atoms in total. The van der Waals surface area contributed by atoms with Gasteiger partial charge in [-0.05, 0) is 0 Å². The first-order valence-corrected chi connectivity index (χ1v) is 5.13. The van der Waals surface area contributed by atoms with Crippen molar-refractivity contribution in [2.45, 2.75) is 11.8 Å². The summed E-state index contributed by atoms with van der Waals surface area (Å²) in [4.78, 5) is 13.0. The van der Waals surface area contributed by atoms with Gasteiger partial charge in [-0.25, -0.2) is 13.4 Å². The molecule has 8 heteroatoms. The van der Waals surface area contributed by atoms with Gasteiger partial charge in [-0.1, -0.05) is 0 Å². The van der Waals surface area contributed by atoms with Gasteiger partial charge in [0.15, 0.2) is 0 Å². The number of aromatic nitrogens is 2. The zero-order chi connectivity index (χ0) is 10.1. The van der Waals surface area contributed by atoms with Crippen LogP contribution in [0.3, 0.4) is 0 Å². The second-order valence-corrected chi connectivity index (χ2v) is 4.34. The van der Waals surface area contributed by atoms with Crippen LogP contribution in [0, 0.1) is 10.1 Å². The van der Waals surface area contributed by atoms with E-state index in [1.165, 1.54) is 12.4 Å². The van der Waals surface area contributed by atoms with Gasteiger partial charge in [0.1, 0.15) is 0 Å². The maximum Gasteiger partial charge on any atom is 0.283 e. The van der Waals surface area contributed by atoms with Crippen molar-refractivity contribution in [3.8, 4) is 0 Å². The van der Waals surface area contributed by atoms with Gasteiger partial charge < -0.3 is 0 Å². The summed E-state index contributed by atoms with van der Waals surface area (Å²) in [5.41, 5.74) is 0. The van der Waals surface area contributed by atoms with Gasteiger partial charge in [-0.3, -0.25) is 14.7 Å². The van der Waals surface area contributed by atoms with Crippen LogP contribution < -0.4 is 0 Å². The van der Waals surface area contributed by atoms with Crippen LogP contribution in [0.5, 0.6) is 0 Å². The van der Waals surface area contributed by atoms with Crippen molar-refractivity contribution in [1.82, 2.24) is 9.55 Å². The molecule has 1 aromatic rings. The molecule has 0 aliphatic rings. The van der Waals surface area contributed by atoms with E-state index < -0.39 is 21.4 Å². The largest absolute Gasteiger partial charge is 0.283 e. The molecule has 0 unspecified atom stereocenters. The maximum absolute atomic E-state index is 11.0. The third-order valence-corrected chi connectivity index (χ3v) is 2.28. The highest BCUT2D eigenvalue weighted by atomic mass is 32.2. The van der Waals surface area contributed by atoms with Crippen molar-refractivity contribution in [2.75, 3.05) is 6.26 Å². The molecule has 0 bridgehead atoms. The van der Waals surface area contributed by atoms with Crippen LogP contribution in [0.25, 0.3) is 0 Å². The van der Waals surface area contributed by atoms with Crippen molar-refractivity contribution < 1.29 is 13.3 Å². The zero-order valence-electron chi connectivity index (χ0n) is 6.74. The van der Waals surface area contributed by atoms with Gasteiger partial charge in [-0.15, -0.1) is 0 Å². The molecule has 0 spiro atoms. The third kappa shape index (κ3) is 2.25. The molecule has 1 heterocycles. The van der Waals surface area contributed by atoms with E-state index in [9.17, 15) is 18.5 Å². The molecule has 0 aliphatic carbocycles. The van der Waals surface area contributed by atoms with Crippen LogP contribution in [0.15, 0.2) is 17.6 Å². The third-order valence-electron chi connectivity index (χ3n) is 1.28. The Labute approximate surface area is 74.1 Å². The van der Waals surface area contributed by atoms with E-state index in [-0.39, 0.29) is 5.16 Å². The van der Waals surface area contributed by atoms with Crippen molar-refractivity contribution in [2.24, 2.45) is 0 Å². The molecule has 72 valence electrons. The summed E-state index contributed by atoms with van der Waals surface area (Å²) in [6.07, 6.45) is 3.41. The Kier molecular flexibility index (Phi) is 2.32. The monoisotopic (exact) mass is 205 g/mol. The SMILES string of the molecule is CS(=O)(=O)c1nccn1C[N+](=O)[O-]. The molecule has 0 atom stereocenters. The number of hydrogen-bond acceptors (Lipinski definition) is 5. The molecule has 1 rings (SSSR count). The maximum atomic E-state index is 11.0. The molecule has 1 aromatic heterocycles. The topological polar surface area (TPSA) is 95.1 Å². The van der Waals surface area contributed by atoms with Crippen molar-refractivity contribution in [1.29, 1.82) is 0 Å². The van der Waals surface area contributed by atoms with Crippen LogP contribution in [0.1, 0.15) is 0 Å². The lowest BCUT2D eigenvalue weighted by Crippen LogP contribution is -2.13. The summed E-state index contributed by atoms with van der Waals surface area (Å²) in [6, 6.07) is 0. The average Bonchev–Trinajstić information content (AvgIpc) is 2.31. The lowest BCUT2D eigenvalue weighted by atomic mass is 10.9. The summed E-state index contributed by atoms with van der Waals surface area (Å²) in [7, 11) is -3.49. The Balaban J connectivity index is 3.11. The summed E-state index contributed by atoms with van der Waals surface area (Å²) >= 11 is 0. The molecule has 0 aromatic carbocycles. The first-order valence-electron chi connectivity index (χ1n) is 3.24. The Hall–Kier alpha value is -1.44. The van der Waals surface area contributed by atoms with E-state index in [2.05, 4.69) is 4.98 Å². The number of sulfone groups is 1. The molecule has 0 fully saturated rings. The number of hydrogen-bond donors (Lipinski definition) is 0. The number of nitro groups is 1. The predicted molar refractivity (Wildman–Crippen MR) is 42.3 cm³/mol. The fourth-order valence-corrected chi connectivity index (χ4v) is 1.65. The highest BCUT2D eigenvalue weighted by Gasteiger charge is 2.16. The first-order chi connectivity index (χ1) is 5.91. The van der Waals surface area contributed by atoms with Gasteiger partial charge in [-0.2, -0.15) is 0 Å². The number of imidazole rings is 1. The van der Waals surface area contributed by atoms with Crippen molar-refractivity contribution in [3.63, 3.8) is 0 Å². The highest BCUT2D eigenvalue weighted by Crippen LogP contribution is 2.05. The number of rotatable bonds is 3. The van der Waals surface area contributed by atoms with Gasteiger partial charge in [0.05, 0.1) is 0 Å². The van der Waals surface area contributed by atoms with Crippen LogP contribution in [-0.2, 0) is 16.5 Å². The molecular formula is C5H7N3O4S. The summed E-state index contributed by atoms with van der Waals surface area (Å²) in [5.74, 6) is 0. The zero-order valence-corrected chi connectivity index (χ0v) is 7.56. The molecule has 0 amide bonds. The predicted octanol–water partition coefficient (Wildman–Crippen LogP) is -0.479. The molecule has 0 saturated carbocycles. The molecule has 0 aliphatic heterocycles. The Morgan fingerprint density at radius 3 is 2.77 bits per heavy atom. The smallest absolute Gasteiger partial charge is 0.263 e. The molecule has 0 saturated heterocycles. The van der Waals surface area contributed by atoms with Crippen LogP contribution in [0.2, 0.25) is 0 Å².